The summed E-state index contributed by atoms with van der Waals surface area (Å²) in [5.41, 5.74) is 0. The van der Waals surface area contributed by atoms with E-state index in [1.54, 1.807) is 0 Å². The zero-order chi connectivity index (χ0) is 6.73. The van der Waals surface area contributed by atoms with Crippen molar-refractivity contribution in [3.63, 3.8) is 0 Å². The Morgan fingerprint density at radius 3 is 1.25 bits per heavy atom. The first kappa shape index (κ1) is 7.11. The summed E-state index contributed by atoms with van der Waals surface area (Å²) in [5.74, 6) is 18.8. The van der Waals surface area contributed by atoms with Gasteiger partial charge in [0.05, 0.1) is 0 Å². The third-order valence-electron chi connectivity index (χ3n) is 0.442. The molecule has 0 saturated heterocycles. The first-order valence-electron chi connectivity index (χ1n) is 1.68. The van der Waals surface area contributed by atoms with Gasteiger partial charge in [-0.15, -0.1) is 0 Å². The van der Waals surface area contributed by atoms with E-state index < -0.39 is 6.03 Å². The third-order valence-corrected chi connectivity index (χ3v) is 0.442. The van der Waals surface area contributed by atoms with Crippen LogP contribution in [0, 0.1) is 0 Å². The van der Waals surface area contributed by atoms with Crippen LogP contribution in [0.2, 0.25) is 0 Å². The lowest BCUT2D eigenvalue weighted by Crippen LogP contribution is -2.56. The van der Waals surface area contributed by atoms with Crippen LogP contribution in [-0.4, -0.2) is 16.3 Å². The van der Waals surface area contributed by atoms with Crippen molar-refractivity contribution in [1.82, 2.24) is 10.2 Å². The zero-order valence-electron chi connectivity index (χ0n) is 4.11. The highest BCUT2D eigenvalue weighted by Crippen LogP contribution is 1.70. The second-order valence-corrected chi connectivity index (χ2v) is 1.10. The van der Waals surface area contributed by atoms with Gasteiger partial charge in [-0.05, 0) is 0 Å². The molecule has 0 spiro atoms. The molecular weight excluding hydrogens is 112 g/mol. The quantitative estimate of drug-likeness (QED) is 0.156. The molecule has 0 rings (SSSR count). The molecule has 48 valence electrons. The Hall–Kier alpha value is -0.890. The summed E-state index contributed by atoms with van der Waals surface area (Å²) < 4.78 is 0. The lowest BCUT2D eigenvalue weighted by atomic mass is 11.0. The molecule has 0 radical (unpaired) electrons. The first-order chi connectivity index (χ1) is 3.55. The summed E-state index contributed by atoms with van der Waals surface area (Å²) in [6, 6.07) is -0.870. The van der Waals surface area contributed by atoms with Crippen molar-refractivity contribution >= 4 is 6.03 Å². The lowest BCUT2D eigenvalue weighted by Gasteiger charge is -2.13. The minimum Gasteiger partial charge on any atom is -0.242 e. The highest BCUT2D eigenvalue weighted by molar-refractivity contribution is 5.71. The molecule has 0 aromatic carbocycles. The van der Waals surface area contributed by atoms with E-state index in [0.29, 0.717) is 0 Å². The number of hydrazine groups is 4. The van der Waals surface area contributed by atoms with E-state index in [1.807, 2.05) is 0 Å². The molecule has 0 aromatic rings. The molecule has 0 fully saturated rings. The van der Waals surface area contributed by atoms with Crippen molar-refractivity contribution in [1.29, 1.82) is 0 Å². The van der Waals surface area contributed by atoms with Crippen molar-refractivity contribution in [2.75, 3.05) is 0 Å². The summed E-state index contributed by atoms with van der Waals surface area (Å²) in [6.45, 7) is 0. The minimum atomic E-state index is -0.870. The van der Waals surface area contributed by atoms with E-state index in [9.17, 15) is 4.79 Å². The number of rotatable bonds is 0. The Labute approximate surface area is 45.7 Å². The van der Waals surface area contributed by atoms with Gasteiger partial charge in [0.25, 0.3) is 0 Å². The van der Waals surface area contributed by atoms with Crippen molar-refractivity contribution < 1.29 is 4.79 Å². The Morgan fingerprint density at radius 1 is 1.00 bits per heavy atom. The van der Waals surface area contributed by atoms with Crippen LogP contribution in [0.25, 0.3) is 0 Å². The first-order valence-corrected chi connectivity index (χ1v) is 1.68. The predicted octanol–water partition coefficient (Wildman–Crippen LogP) is -2.79. The largest absolute Gasteiger partial charge is 0.377 e. The van der Waals surface area contributed by atoms with E-state index in [1.165, 1.54) is 0 Å². The average Bonchev–Trinajstić information content (AvgIpc) is 1.64. The molecular formula is CH8N6O. The molecule has 0 bridgehead atoms. The molecule has 0 saturated carbocycles. The zero-order valence-corrected chi connectivity index (χ0v) is 4.11. The van der Waals surface area contributed by atoms with Crippen LogP contribution >= 0.6 is 0 Å². The van der Waals surface area contributed by atoms with E-state index >= 15 is 0 Å². The SMILES string of the molecule is NN(N)C(=O)N(N)N. The predicted molar refractivity (Wildman–Crippen MR) is 25.8 cm³/mol. The number of hydrogen-bond acceptors (Lipinski definition) is 5. The van der Waals surface area contributed by atoms with Gasteiger partial charge in [0.15, 0.2) is 0 Å². The second-order valence-electron chi connectivity index (χ2n) is 1.10. The molecule has 7 nitrogen and oxygen atoms in total. The maximum atomic E-state index is 10.2. The van der Waals surface area contributed by atoms with Gasteiger partial charge >= 0.3 is 6.03 Å². The number of hydrogen-bond donors (Lipinski definition) is 4. The van der Waals surface area contributed by atoms with Crippen LogP contribution in [0.3, 0.4) is 0 Å². The van der Waals surface area contributed by atoms with Gasteiger partial charge in [-0.1, -0.05) is 0 Å². The topological polar surface area (TPSA) is 128 Å². The molecule has 7 heteroatoms. The third kappa shape index (κ3) is 1.71. The summed E-state index contributed by atoms with van der Waals surface area (Å²) in [7, 11) is 0. The molecule has 0 unspecified atom stereocenters. The number of urea groups is 1. The standard InChI is InChI=1S/CH8N6O/c2-6(3)1(8)7(4)5/h2-5H2. The highest BCUT2D eigenvalue weighted by Gasteiger charge is 2.06. The molecule has 0 aliphatic carbocycles. The maximum absolute atomic E-state index is 10.2. The van der Waals surface area contributed by atoms with Gasteiger partial charge in [0.2, 0.25) is 0 Å². The monoisotopic (exact) mass is 120 g/mol. The fraction of sp³-hybridized carbons (Fsp3) is 0. The molecule has 0 heterocycles. The van der Waals surface area contributed by atoms with Crippen molar-refractivity contribution in [2.45, 2.75) is 0 Å². The van der Waals surface area contributed by atoms with Crippen LogP contribution in [0.5, 0.6) is 0 Å². The lowest BCUT2D eigenvalue weighted by molar-refractivity contribution is 0.155. The smallest absolute Gasteiger partial charge is 0.242 e. The minimum absolute atomic E-state index is 0.278. The van der Waals surface area contributed by atoms with Gasteiger partial charge in [-0.25, -0.2) is 28.2 Å². The Morgan fingerprint density at radius 2 is 1.25 bits per heavy atom. The molecule has 0 aliphatic heterocycles. The highest BCUT2D eigenvalue weighted by atomic mass is 16.2. The van der Waals surface area contributed by atoms with Crippen LogP contribution in [0.15, 0.2) is 0 Å². The van der Waals surface area contributed by atoms with Gasteiger partial charge in [0, 0.05) is 0 Å². The van der Waals surface area contributed by atoms with Crippen LogP contribution < -0.4 is 23.4 Å². The van der Waals surface area contributed by atoms with E-state index in [2.05, 4.69) is 0 Å². The van der Waals surface area contributed by atoms with Gasteiger partial charge in [0.1, 0.15) is 0 Å². The van der Waals surface area contributed by atoms with Crippen molar-refractivity contribution in [3.05, 3.63) is 0 Å². The average molecular weight is 120 g/mol. The van der Waals surface area contributed by atoms with Gasteiger partial charge < -0.3 is 0 Å². The summed E-state index contributed by atoms with van der Waals surface area (Å²) in [6.07, 6.45) is 0. The number of amides is 2. The number of carbonyl (C=O) groups excluding carboxylic acids is 1. The fourth-order valence-corrected chi connectivity index (χ4v) is 0.133. The molecule has 0 aliphatic rings. The summed E-state index contributed by atoms with van der Waals surface area (Å²) >= 11 is 0. The fourth-order valence-electron chi connectivity index (χ4n) is 0.133. The molecule has 0 atom stereocenters. The van der Waals surface area contributed by atoms with Crippen LogP contribution in [0.4, 0.5) is 4.79 Å². The van der Waals surface area contributed by atoms with Crippen molar-refractivity contribution in [3.8, 4) is 0 Å². The van der Waals surface area contributed by atoms with Gasteiger partial charge in [-0.2, -0.15) is 10.2 Å². The number of carbonyl (C=O) groups is 1. The molecule has 2 amide bonds. The van der Waals surface area contributed by atoms with E-state index in [4.69, 9.17) is 23.4 Å². The molecule has 0 aromatic heterocycles. The summed E-state index contributed by atoms with van der Waals surface area (Å²) in [4.78, 5) is 10.2. The molecule has 8 N–H and O–H groups in total. The number of nitrogens with two attached hydrogens (primary N) is 4. The van der Waals surface area contributed by atoms with E-state index in [0.717, 1.165) is 0 Å². The van der Waals surface area contributed by atoms with Crippen LogP contribution in [0.1, 0.15) is 0 Å². The van der Waals surface area contributed by atoms with Crippen LogP contribution in [-0.2, 0) is 0 Å². The second kappa shape index (κ2) is 2.43. The van der Waals surface area contributed by atoms with E-state index in [-0.39, 0.29) is 10.2 Å². The maximum Gasteiger partial charge on any atom is 0.377 e. The number of nitrogens with zero attached hydrogens (tertiary/aromatic N) is 2. The normalized spacial score (nSPS) is 8.50. The summed E-state index contributed by atoms with van der Waals surface area (Å²) in [5, 5.41) is 0.556. The van der Waals surface area contributed by atoms with Gasteiger partial charge in [-0.3, -0.25) is 0 Å². The Kier molecular flexibility index (Phi) is 2.16. The Bertz CT molecular complexity index is 76.5. The molecule has 8 heavy (non-hydrogen) atoms. The van der Waals surface area contributed by atoms with Crippen molar-refractivity contribution in [2.24, 2.45) is 23.4 Å². The Balaban J connectivity index is 3.65.